The van der Waals surface area contributed by atoms with Crippen molar-refractivity contribution in [2.24, 2.45) is 16.5 Å². The molecule has 1 fully saturated rings. The zero-order chi connectivity index (χ0) is 7.78. The quantitative estimate of drug-likeness (QED) is 0.331. The molecule has 1 aliphatic rings. The van der Waals surface area contributed by atoms with E-state index >= 15 is 0 Å². The van der Waals surface area contributed by atoms with Crippen molar-refractivity contribution in [3.63, 3.8) is 0 Å². The number of rotatable bonds is 1. The van der Waals surface area contributed by atoms with Crippen LogP contribution in [0.1, 0.15) is 19.8 Å². The van der Waals surface area contributed by atoms with E-state index in [1.165, 1.54) is 0 Å². The number of aliphatic imine (C=N–C) groups is 1. The predicted molar refractivity (Wildman–Crippen MR) is 39.5 cm³/mol. The molecule has 5 N–H and O–H groups in total. The number of hydrogen-bond donors (Lipinski definition) is 3. The molecule has 1 rings (SSSR count). The molecule has 0 saturated heterocycles. The van der Waals surface area contributed by atoms with Crippen LogP contribution in [0.15, 0.2) is 4.99 Å². The third kappa shape index (κ3) is 1.60. The number of guanidine groups is 1. The highest BCUT2D eigenvalue weighted by Gasteiger charge is 2.38. The highest BCUT2D eigenvalue weighted by molar-refractivity contribution is 5.75. The van der Waals surface area contributed by atoms with Crippen molar-refractivity contribution in [3.05, 3.63) is 0 Å². The monoisotopic (exact) mass is 143 g/mol. The Balaban J connectivity index is 2.34. The lowest BCUT2D eigenvalue weighted by atomic mass is 9.78. The summed E-state index contributed by atoms with van der Waals surface area (Å²) in [5.74, 6) is 0.112. The molecule has 1 saturated carbocycles. The van der Waals surface area contributed by atoms with Crippen LogP contribution in [-0.4, -0.2) is 22.7 Å². The van der Waals surface area contributed by atoms with Gasteiger partial charge in [0.25, 0.3) is 0 Å². The minimum Gasteiger partial charge on any atom is -0.390 e. The van der Waals surface area contributed by atoms with Crippen molar-refractivity contribution in [3.8, 4) is 0 Å². The molecule has 4 nitrogen and oxygen atoms in total. The minimum atomic E-state index is -0.538. The molecule has 0 aromatic heterocycles. The highest BCUT2D eigenvalue weighted by Crippen LogP contribution is 2.33. The van der Waals surface area contributed by atoms with Crippen LogP contribution in [0.2, 0.25) is 0 Å². The Bertz CT molecular complexity index is 152. The van der Waals surface area contributed by atoms with Gasteiger partial charge < -0.3 is 16.6 Å². The largest absolute Gasteiger partial charge is 0.390 e. The molecule has 4 heteroatoms. The second kappa shape index (κ2) is 2.12. The van der Waals surface area contributed by atoms with E-state index in [1.807, 2.05) is 0 Å². The molecule has 0 aromatic rings. The Morgan fingerprint density at radius 2 is 2.10 bits per heavy atom. The number of nitrogens with two attached hydrogens (primary N) is 2. The first-order valence-electron chi connectivity index (χ1n) is 3.31. The lowest BCUT2D eigenvalue weighted by Gasteiger charge is -2.38. The van der Waals surface area contributed by atoms with Crippen LogP contribution in [0.4, 0.5) is 0 Å². The third-order valence-electron chi connectivity index (χ3n) is 1.68. The maximum Gasteiger partial charge on any atom is 0.186 e. The smallest absolute Gasteiger partial charge is 0.186 e. The topological polar surface area (TPSA) is 84.6 Å². The lowest BCUT2D eigenvalue weighted by Crippen LogP contribution is -2.44. The van der Waals surface area contributed by atoms with E-state index in [-0.39, 0.29) is 12.0 Å². The lowest BCUT2D eigenvalue weighted by molar-refractivity contribution is -0.0280. The summed E-state index contributed by atoms with van der Waals surface area (Å²) < 4.78 is 0. The summed E-state index contributed by atoms with van der Waals surface area (Å²) >= 11 is 0. The maximum absolute atomic E-state index is 9.25. The van der Waals surface area contributed by atoms with Crippen molar-refractivity contribution in [1.82, 2.24) is 0 Å². The first-order valence-corrected chi connectivity index (χ1v) is 3.31. The second-order valence-electron chi connectivity index (χ2n) is 3.11. The Kier molecular flexibility index (Phi) is 1.56. The highest BCUT2D eigenvalue weighted by atomic mass is 16.3. The fourth-order valence-electron chi connectivity index (χ4n) is 1.26. The summed E-state index contributed by atoms with van der Waals surface area (Å²) in [7, 11) is 0. The Labute approximate surface area is 59.9 Å². The van der Waals surface area contributed by atoms with Gasteiger partial charge in [-0.25, -0.2) is 0 Å². The van der Waals surface area contributed by atoms with E-state index < -0.39 is 5.60 Å². The normalized spacial score (nSPS) is 38.4. The number of aliphatic hydroxyl groups is 1. The van der Waals surface area contributed by atoms with Crippen LogP contribution in [0.25, 0.3) is 0 Å². The van der Waals surface area contributed by atoms with Gasteiger partial charge in [0.15, 0.2) is 5.96 Å². The molecule has 0 amide bonds. The standard InChI is InChI=1S/C6H13N3O/c1-6(10)2-4(3-6)9-5(7)8/h4,10H,2-3H2,1H3,(H4,7,8,9). The van der Waals surface area contributed by atoms with Gasteiger partial charge in [0, 0.05) is 0 Å². The Morgan fingerprint density at radius 3 is 2.40 bits per heavy atom. The Hall–Kier alpha value is -0.770. The number of nitrogens with zero attached hydrogens (tertiary/aromatic N) is 1. The number of hydrogen-bond acceptors (Lipinski definition) is 2. The minimum absolute atomic E-state index is 0.112. The maximum atomic E-state index is 9.25. The summed E-state index contributed by atoms with van der Waals surface area (Å²) in [4.78, 5) is 3.89. The zero-order valence-electron chi connectivity index (χ0n) is 6.04. The van der Waals surface area contributed by atoms with Crippen molar-refractivity contribution in [2.75, 3.05) is 0 Å². The molecular weight excluding hydrogens is 130 g/mol. The molecular formula is C6H13N3O. The fraction of sp³-hybridized carbons (Fsp3) is 0.833. The van der Waals surface area contributed by atoms with Gasteiger partial charge in [-0.1, -0.05) is 0 Å². The van der Waals surface area contributed by atoms with Crippen molar-refractivity contribution >= 4 is 5.96 Å². The van der Waals surface area contributed by atoms with Crippen LogP contribution in [0.3, 0.4) is 0 Å². The van der Waals surface area contributed by atoms with Gasteiger partial charge in [-0.2, -0.15) is 0 Å². The van der Waals surface area contributed by atoms with Crippen molar-refractivity contribution < 1.29 is 5.11 Å². The second-order valence-corrected chi connectivity index (χ2v) is 3.11. The SMILES string of the molecule is CC1(O)CC(N=C(N)N)C1. The summed E-state index contributed by atoms with van der Waals surface area (Å²) in [6.45, 7) is 1.78. The van der Waals surface area contributed by atoms with Gasteiger partial charge in [-0.3, -0.25) is 4.99 Å². The Morgan fingerprint density at radius 1 is 1.60 bits per heavy atom. The van der Waals surface area contributed by atoms with Crippen LogP contribution < -0.4 is 11.5 Å². The van der Waals surface area contributed by atoms with E-state index in [1.54, 1.807) is 6.92 Å². The predicted octanol–water partition coefficient (Wildman–Crippen LogP) is -0.827. The van der Waals surface area contributed by atoms with Crippen LogP contribution in [-0.2, 0) is 0 Å². The summed E-state index contributed by atoms with van der Waals surface area (Å²) in [6, 6.07) is 0.139. The molecule has 58 valence electrons. The van der Waals surface area contributed by atoms with Gasteiger partial charge in [-0.15, -0.1) is 0 Å². The summed E-state index contributed by atoms with van der Waals surface area (Å²) in [6.07, 6.45) is 1.34. The van der Waals surface area contributed by atoms with Crippen LogP contribution >= 0.6 is 0 Å². The average molecular weight is 143 g/mol. The molecule has 0 unspecified atom stereocenters. The molecule has 1 aliphatic carbocycles. The van der Waals surface area contributed by atoms with Gasteiger partial charge >= 0.3 is 0 Å². The first-order chi connectivity index (χ1) is 4.49. The fourth-order valence-corrected chi connectivity index (χ4v) is 1.26. The van der Waals surface area contributed by atoms with Crippen molar-refractivity contribution in [2.45, 2.75) is 31.4 Å². The van der Waals surface area contributed by atoms with E-state index in [0.29, 0.717) is 12.8 Å². The van der Waals surface area contributed by atoms with Crippen LogP contribution in [0, 0.1) is 0 Å². The van der Waals surface area contributed by atoms with E-state index in [9.17, 15) is 5.11 Å². The summed E-state index contributed by atoms with van der Waals surface area (Å²) in [5, 5.41) is 9.25. The zero-order valence-corrected chi connectivity index (χ0v) is 6.04. The molecule has 0 spiro atoms. The molecule has 0 heterocycles. The molecule has 0 atom stereocenters. The van der Waals surface area contributed by atoms with Gasteiger partial charge in [-0.05, 0) is 19.8 Å². The molecule has 10 heavy (non-hydrogen) atoms. The molecule has 0 bridgehead atoms. The van der Waals surface area contributed by atoms with Gasteiger partial charge in [0.2, 0.25) is 0 Å². The van der Waals surface area contributed by atoms with Crippen LogP contribution in [0.5, 0.6) is 0 Å². The van der Waals surface area contributed by atoms with Gasteiger partial charge in [0.05, 0.1) is 11.6 Å². The molecule has 0 aromatic carbocycles. The van der Waals surface area contributed by atoms with E-state index in [0.717, 1.165) is 0 Å². The third-order valence-corrected chi connectivity index (χ3v) is 1.68. The average Bonchev–Trinajstić information content (AvgIpc) is 1.57. The molecule has 0 aliphatic heterocycles. The summed E-state index contributed by atoms with van der Waals surface area (Å²) in [5.41, 5.74) is 9.74. The molecule has 0 radical (unpaired) electrons. The first kappa shape index (κ1) is 7.34. The van der Waals surface area contributed by atoms with Crippen molar-refractivity contribution in [1.29, 1.82) is 0 Å². The van der Waals surface area contributed by atoms with E-state index in [2.05, 4.69) is 4.99 Å². The van der Waals surface area contributed by atoms with Gasteiger partial charge in [0.1, 0.15) is 0 Å². The van der Waals surface area contributed by atoms with E-state index in [4.69, 9.17) is 11.5 Å².